The number of amides is 1. The predicted molar refractivity (Wildman–Crippen MR) is 91.3 cm³/mol. The molecule has 0 unspecified atom stereocenters. The van der Waals surface area contributed by atoms with Crippen LogP contribution in [0.4, 0.5) is 13.2 Å². The number of hydrogen-bond acceptors (Lipinski definition) is 3. The number of carbonyl (C=O) groups is 1. The molecule has 8 heteroatoms. The van der Waals surface area contributed by atoms with Crippen molar-refractivity contribution in [2.75, 3.05) is 7.11 Å². The van der Waals surface area contributed by atoms with Crippen LogP contribution >= 0.6 is 11.6 Å². The number of para-hydroxylation sites is 1. The van der Waals surface area contributed by atoms with Crippen molar-refractivity contribution in [3.05, 3.63) is 58.6 Å². The van der Waals surface area contributed by atoms with Crippen molar-refractivity contribution >= 4 is 17.5 Å². The van der Waals surface area contributed by atoms with Crippen molar-refractivity contribution in [1.29, 1.82) is 0 Å². The van der Waals surface area contributed by atoms with Gasteiger partial charge in [-0.25, -0.2) is 0 Å². The Balaban J connectivity index is 1.88. The van der Waals surface area contributed by atoms with Gasteiger partial charge in [-0.2, -0.15) is 0 Å². The summed E-state index contributed by atoms with van der Waals surface area (Å²) in [6, 6.07) is 10.9. The van der Waals surface area contributed by atoms with E-state index in [4.69, 9.17) is 16.3 Å². The lowest BCUT2D eigenvalue weighted by Crippen LogP contribution is -2.24. The number of hydrogen-bond donors (Lipinski definition) is 1. The van der Waals surface area contributed by atoms with E-state index in [0.717, 1.165) is 5.56 Å². The topological polar surface area (TPSA) is 47.6 Å². The first-order valence-corrected chi connectivity index (χ1v) is 8.09. The molecular formula is C18H17ClF3NO3. The van der Waals surface area contributed by atoms with E-state index in [2.05, 4.69) is 10.1 Å². The molecule has 0 aliphatic heterocycles. The highest BCUT2D eigenvalue weighted by Crippen LogP contribution is 2.27. The highest BCUT2D eigenvalue weighted by Gasteiger charge is 2.31. The predicted octanol–water partition coefficient (Wildman–Crippen LogP) is 4.50. The van der Waals surface area contributed by atoms with Crippen LogP contribution in [0.2, 0.25) is 5.02 Å². The van der Waals surface area contributed by atoms with Crippen molar-refractivity contribution < 1.29 is 27.4 Å². The molecule has 140 valence electrons. The summed E-state index contributed by atoms with van der Waals surface area (Å²) >= 11 is 6.02. The van der Waals surface area contributed by atoms with Crippen LogP contribution in [0.5, 0.6) is 11.5 Å². The van der Waals surface area contributed by atoms with Crippen molar-refractivity contribution in [3.63, 3.8) is 0 Å². The van der Waals surface area contributed by atoms with E-state index < -0.39 is 6.36 Å². The molecule has 0 bridgehead atoms. The second-order valence-corrected chi connectivity index (χ2v) is 5.81. The maximum atomic E-state index is 12.4. The summed E-state index contributed by atoms with van der Waals surface area (Å²) in [4.78, 5) is 12.0. The van der Waals surface area contributed by atoms with Gasteiger partial charge in [0.05, 0.1) is 12.1 Å². The molecule has 2 rings (SSSR count). The Hall–Kier alpha value is -2.41. The van der Waals surface area contributed by atoms with E-state index >= 15 is 0 Å². The molecule has 26 heavy (non-hydrogen) atoms. The lowest BCUT2D eigenvalue weighted by molar-refractivity contribution is -0.274. The average Bonchev–Trinajstić information content (AvgIpc) is 2.58. The molecule has 0 saturated carbocycles. The van der Waals surface area contributed by atoms with Crippen molar-refractivity contribution in [3.8, 4) is 11.5 Å². The lowest BCUT2D eigenvalue weighted by Gasteiger charge is -2.13. The number of halogens is 4. The SMILES string of the molecule is COc1ccc(CCC(=O)NCc2ccccc2OC(F)(F)F)cc1Cl. The lowest BCUT2D eigenvalue weighted by atomic mass is 10.1. The summed E-state index contributed by atoms with van der Waals surface area (Å²) in [5, 5.41) is 3.04. The Morgan fingerprint density at radius 1 is 1.15 bits per heavy atom. The molecule has 1 amide bonds. The molecule has 4 nitrogen and oxygen atoms in total. The van der Waals surface area contributed by atoms with Crippen LogP contribution in [0.25, 0.3) is 0 Å². The van der Waals surface area contributed by atoms with Crippen LogP contribution in [0.3, 0.4) is 0 Å². The molecule has 0 atom stereocenters. The van der Waals surface area contributed by atoms with Crippen molar-refractivity contribution in [2.24, 2.45) is 0 Å². The average molecular weight is 388 g/mol. The summed E-state index contributed by atoms with van der Waals surface area (Å²) in [7, 11) is 1.51. The molecule has 0 aliphatic carbocycles. The summed E-state index contributed by atoms with van der Waals surface area (Å²) in [5.74, 6) is -0.0814. The third kappa shape index (κ3) is 6.15. The highest BCUT2D eigenvalue weighted by atomic mass is 35.5. The minimum atomic E-state index is -4.78. The first-order valence-electron chi connectivity index (χ1n) is 7.71. The van der Waals surface area contributed by atoms with Gasteiger partial charge >= 0.3 is 6.36 Å². The molecule has 0 spiro atoms. The van der Waals surface area contributed by atoms with Gasteiger partial charge in [0.1, 0.15) is 11.5 Å². The van der Waals surface area contributed by atoms with Gasteiger partial charge in [0.15, 0.2) is 0 Å². The minimum absolute atomic E-state index is 0.0611. The third-order valence-corrected chi connectivity index (χ3v) is 3.83. The number of carbonyl (C=O) groups excluding carboxylic acids is 1. The van der Waals surface area contributed by atoms with Crippen LogP contribution in [0.15, 0.2) is 42.5 Å². The van der Waals surface area contributed by atoms with Gasteiger partial charge in [-0.05, 0) is 30.2 Å². The summed E-state index contributed by atoms with van der Waals surface area (Å²) in [6.07, 6.45) is -4.17. The fourth-order valence-corrected chi connectivity index (χ4v) is 2.56. The first-order chi connectivity index (χ1) is 12.3. The standard InChI is InChI=1S/C18H17ClF3NO3/c1-25-16-8-6-12(10-14(16)19)7-9-17(24)23-11-13-4-2-3-5-15(13)26-18(20,21)22/h2-6,8,10H,7,9,11H2,1H3,(H,23,24). The Morgan fingerprint density at radius 2 is 1.88 bits per heavy atom. The zero-order valence-corrected chi connectivity index (χ0v) is 14.7. The minimum Gasteiger partial charge on any atom is -0.495 e. The van der Waals surface area contributed by atoms with Crippen LogP contribution in [0.1, 0.15) is 17.5 Å². The van der Waals surface area contributed by atoms with Gasteiger partial charge in [-0.1, -0.05) is 35.9 Å². The normalized spacial score (nSPS) is 11.1. The van der Waals surface area contributed by atoms with E-state index in [-0.39, 0.29) is 30.2 Å². The molecule has 0 aromatic heterocycles. The van der Waals surface area contributed by atoms with Gasteiger partial charge in [0.25, 0.3) is 0 Å². The highest BCUT2D eigenvalue weighted by molar-refractivity contribution is 6.32. The summed E-state index contributed by atoms with van der Waals surface area (Å²) < 4.78 is 46.2. The van der Waals surface area contributed by atoms with E-state index in [1.54, 1.807) is 24.3 Å². The maximum Gasteiger partial charge on any atom is 0.573 e. The number of alkyl halides is 3. The number of methoxy groups -OCH3 is 1. The molecule has 0 saturated heterocycles. The maximum absolute atomic E-state index is 12.4. The Kier molecular flexibility index (Phi) is 6.74. The van der Waals surface area contributed by atoms with Crippen LogP contribution in [0, 0.1) is 0 Å². The number of nitrogens with one attached hydrogen (secondary N) is 1. The molecule has 2 aromatic carbocycles. The number of aryl methyl sites for hydroxylation is 1. The summed E-state index contributed by atoms with van der Waals surface area (Å²) in [6.45, 7) is -0.0611. The van der Waals surface area contributed by atoms with E-state index in [0.29, 0.717) is 17.2 Å². The Bertz CT molecular complexity index is 766. The molecule has 0 fully saturated rings. The van der Waals surface area contributed by atoms with Gasteiger partial charge in [-0.15, -0.1) is 13.2 Å². The van der Waals surface area contributed by atoms with Crippen molar-refractivity contribution in [1.82, 2.24) is 5.32 Å². The zero-order chi connectivity index (χ0) is 19.2. The van der Waals surface area contributed by atoms with Crippen LogP contribution < -0.4 is 14.8 Å². The molecular weight excluding hydrogens is 371 g/mol. The number of ether oxygens (including phenoxy) is 2. The van der Waals surface area contributed by atoms with Gasteiger partial charge in [0.2, 0.25) is 5.91 Å². The smallest absolute Gasteiger partial charge is 0.495 e. The van der Waals surface area contributed by atoms with E-state index in [1.807, 2.05) is 0 Å². The van der Waals surface area contributed by atoms with E-state index in [9.17, 15) is 18.0 Å². The Morgan fingerprint density at radius 3 is 2.54 bits per heavy atom. The summed E-state index contributed by atoms with van der Waals surface area (Å²) in [5.41, 5.74) is 1.09. The fraction of sp³-hybridized carbons (Fsp3) is 0.278. The molecule has 1 N–H and O–H groups in total. The van der Waals surface area contributed by atoms with Gasteiger partial charge in [-0.3, -0.25) is 4.79 Å². The van der Waals surface area contributed by atoms with Crippen molar-refractivity contribution in [2.45, 2.75) is 25.7 Å². The van der Waals surface area contributed by atoms with E-state index in [1.165, 1.54) is 25.3 Å². The second kappa shape index (κ2) is 8.80. The monoisotopic (exact) mass is 387 g/mol. The quantitative estimate of drug-likeness (QED) is 0.761. The fourth-order valence-electron chi connectivity index (χ4n) is 2.28. The van der Waals surface area contributed by atoms with Crippen LogP contribution in [-0.2, 0) is 17.8 Å². The number of benzene rings is 2. The second-order valence-electron chi connectivity index (χ2n) is 5.40. The number of rotatable bonds is 7. The zero-order valence-electron chi connectivity index (χ0n) is 13.9. The van der Waals surface area contributed by atoms with Crippen LogP contribution in [-0.4, -0.2) is 19.4 Å². The third-order valence-electron chi connectivity index (χ3n) is 3.53. The molecule has 2 aromatic rings. The molecule has 0 aliphatic rings. The molecule has 0 radical (unpaired) electrons. The largest absolute Gasteiger partial charge is 0.573 e. The van der Waals surface area contributed by atoms with Gasteiger partial charge in [0, 0.05) is 18.5 Å². The van der Waals surface area contributed by atoms with Gasteiger partial charge < -0.3 is 14.8 Å². The molecule has 0 heterocycles. The Labute approximate surface area is 153 Å². The first kappa shape index (κ1) is 19.9.